The number of nitrogens with one attached hydrogen (secondary N) is 1. The first-order chi connectivity index (χ1) is 17.6. The van der Waals surface area contributed by atoms with Gasteiger partial charge in [0.05, 0.1) is 17.9 Å². The Bertz CT molecular complexity index is 1070. The third kappa shape index (κ3) is 5.44. The molecule has 1 aromatic rings. The summed E-state index contributed by atoms with van der Waals surface area (Å²) in [6.45, 7) is 0.168. The molecular weight excluding hydrogens is 549 g/mol. The van der Waals surface area contributed by atoms with E-state index < -0.39 is 51.8 Å². The number of allylic oxidation sites excluding steroid dienone is 2. The first-order valence-electron chi connectivity index (χ1n) is 11.9. The van der Waals surface area contributed by atoms with E-state index in [0.717, 1.165) is 17.0 Å². The van der Waals surface area contributed by atoms with Crippen LogP contribution in [-0.2, 0) is 35.4 Å². The number of hydrogen-bond donors (Lipinski definition) is 1. The van der Waals surface area contributed by atoms with Crippen LogP contribution in [0.15, 0.2) is 42.5 Å². The molecule has 0 unspecified atom stereocenters. The molecule has 0 aromatic heterocycles. The highest BCUT2D eigenvalue weighted by atomic mass is 35.6. The Morgan fingerprint density at radius 1 is 1.03 bits per heavy atom. The van der Waals surface area contributed by atoms with Crippen LogP contribution in [-0.4, -0.2) is 56.6 Å². The van der Waals surface area contributed by atoms with Crippen LogP contribution in [0, 0.1) is 23.7 Å². The summed E-state index contributed by atoms with van der Waals surface area (Å²) in [5.41, 5.74) is 0.799. The van der Waals surface area contributed by atoms with Gasteiger partial charge in [-0.15, -0.1) is 5.06 Å². The van der Waals surface area contributed by atoms with Crippen molar-refractivity contribution >= 4 is 58.7 Å². The van der Waals surface area contributed by atoms with Crippen molar-refractivity contribution in [3.63, 3.8) is 0 Å². The molecule has 37 heavy (non-hydrogen) atoms. The molecule has 3 fully saturated rings. The number of piperidine rings is 1. The number of hydroxylamine groups is 4. The topological polar surface area (TPSA) is 114 Å². The molecule has 2 aliphatic heterocycles. The van der Waals surface area contributed by atoms with Gasteiger partial charge < -0.3 is 14.9 Å². The van der Waals surface area contributed by atoms with Crippen molar-refractivity contribution in [1.82, 2.24) is 15.4 Å². The summed E-state index contributed by atoms with van der Waals surface area (Å²) in [6, 6.07) is 7.77. The minimum atomic E-state index is -2.29. The zero-order valence-corrected chi connectivity index (χ0v) is 21.7. The quantitative estimate of drug-likeness (QED) is 0.239. The van der Waals surface area contributed by atoms with Crippen LogP contribution >= 0.6 is 34.8 Å². The molecule has 1 saturated carbocycles. The zero-order valence-electron chi connectivity index (χ0n) is 19.4. The number of fused-ring (bicyclic) bond motifs is 5. The fourth-order valence-electron chi connectivity index (χ4n) is 5.53. The minimum absolute atomic E-state index is 0.0121. The monoisotopic (exact) mass is 571 g/mol. The second-order valence-corrected chi connectivity index (χ2v) is 11.6. The van der Waals surface area contributed by atoms with Crippen molar-refractivity contribution in [3.05, 3.63) is 48.0 Å². The van der Waals surface area contributed by atoms with Gasteiger partial charge in [0.15, 0.2) is 0 Å². The Hall–Kier alpha value is -2.37. The first-order valence-corrected chi connectivity index (χ1v) is 13.0. The van der Waals surface area contributed by atoms with Crippen LogP contribution < -0.4 is 5.32 Å². The lowest BCUT2D eigenvalue weighted by Gasteiger charge is -2.35. The number of rotatable bonds is 6. The molecule has 6 atom stereocenters. The van der Waals surface area contributed by atoms with Crippen LogP contribution in [0.25, 0.3) is 0 Å². The van der Waals surface area contributed by atoms with Crippen molar-refractivity contribution in [2.75, 3.05) is 6.54 Å². The predicted octanol–water partition coefficient (Wildman–Crippen LogP) is 3.27. The number of alkyl halides is 3. The summed E-state index contributed by atoms with van der Waals surface area (Å²) in [6.07, 6.45) is 4.23. The highest BCUT2D eigenvalue weighted by Crippen LogP contribution is 2.52. The number of benzene rings is 1. The fourth-order valence-corrected chi connectivity index (χ4v) is 5.73. The molecule has 1 aromatic carbocycles. The van der Waals surface area contributed by atoms with Gasteiger partial charge in [0.1, 0.15) is 12.6 Å². The number of hydrogen-bond acceptors (Lipinski definition) is 8. The maximum atomic E-state index is 12.8. The number of amides is 3. The number of halogens is 3. The van der Waals surface area contributed by atoms with E-state index >= 15 is 0 Å². The van der Waals surface area contributed by atoms with E-state index in [9.17, 15) is 19.2 Å². The Labute approximate surface area is 227 Å². The number of ether oxygens (including phenoxy) is 1. The second kappa shape index (κ2) is 10.4. The highest BCUT2D eigenvalue weighted by molar-refractivity contribution is 6.66. The third-order valence-electron chi connectivity index (χ3n) is 7.21. The van der Waals surface area contributed by atoms with Gasteiger partial charge in [-0.05, 0) is 71.5 Å². The van der Waals surface area contributed by atoms with Gasteiger partial charge >= 0.3 is 16.0 Å². The highest BCUT2D eigenvalue weighted by Gasteiger charge is 2.61. The van der Waals surface area contributed by atoms with Crippen LogP contribution in [0.5, 0.6) is 0 Å². The summed E-state index contributed by atoms with van der Waals surface area (Å²) >= 11 is 16.9. The van der Waals surface area contributed by atoms with Crippen molar-refractivity contribution in [2.24, 2.45) is 23.7 Å². The zero-order chi connectivity index (χ0) is 26.3. The van der Waals surface area contributed by atoms with Gasteiger partial charge in [0, 0.05) is 6.54 Å². The van der Waals surface area contributed by atoms with Crippen LogP contribution in [0.3, 0.4) is 0 Å². The lowest BCUT2D eigenvalue weighted by molar-refractivity contribution is -0.202. The van der Waals surface area contributed by atoms with Gasteiger partial charge in [-0.25, -0.2) is 9.59 Å². The Balaban J connectivity index is 1.18. The second-order valence-electron chi connectivity index (χ2n) is 9.47. The smallest absolute Gasteiger partial charge is 0.396 e. The van der Waals surface area contributed by atoms with Crippen LogP contribution in [0.4, 0.5) is 4.79 Å². The molecular formula is C24H24Cl3N3O7. The maximum Gasteiger partial charge on any atom is 0.437 e. The molecule has 5 rings (SSSR count). The molecule has 3 amide bonds. The largest absolute Gasteiger partial charge is 0.437 e. The van der Waals surface area contributed by atoms with Crippen molar-refractivity contribution in [2.45, 2.75) is 41.9 Å². The SMILES string of the molecule is O=C(ON1C(=O)[C@@H]2[C@H](C1=O)[C@@H]1C=C[C@H]2C1)[C@@H]1CC[C@@H](N(OCc2ccccc2)C(=O)OC(Cl)(Cl)Cl)CN1. The van der Waals surface area contributed by atoms with Gasteiger partial charge in [-0.1, -0.05) is 42.5 Å². The van der Waals surface area contributed by atoms with E-state index in [0.29, 0.717) is 11.5 Å². The lowest BCUT2D eigenvalue weighted by atomic mass is 9.85. The van der Waals surface area contributed by atoms with E-state index in [1.54, 1.807) is 0 Å². The molecule has 1 N–H and O–H groups in total. The normalized spacial score (nSPS) is 30.4. The molecule has 4 aliphatic rings. The lowest BCUT2D eigenvalue weighted by Crippen LogP contribution is -2.55. The number of imide groups is 1. The number of nitrogens with zero attached hydrogens (tertiary/aromatic N) is 2. The van der Waals surface area contributed by atoms with Crippen molar-refractivity contribution in [1.29, 1.82) is 0 Å². The van der Waals surface area contributed by atoms with Crippen molar-refractivity contribution < 1.29 is 33.6 Å². The number of carbonyl (C=O) groups is 4. The summed E-state index contributed by atoms with van der Waals surface area (Å²) in [5, 5.41) is 4.59. The van der Waals surface area contributed by atoms with E-state index in [1.807, 2.05) is 42.5 Å². The van der Waals surface area contributed by atoms with Gasteiger partial charge in [0.2, 0.25) is 0 Å². The Kier molecular flexibility index (Phi) is 7.39. The first kappa shape index (κ1) is 26.2. The molecule has 2 saturated heterocycles. The maximum absolute atomic E-state index is 12.8. The standard InChI is InChI=1S/C24H24Cl3N3O7/c25-24(26,27)36-23(34)29(35-12-13-4-2-1-3-5-13)16-8-9-17(28-11-16)22(33)37-30-20(31)18-14-6-7-15(10-14)19(18)21(30)32/h1-7,14-19,28H,8-12H2/t14-,15+,16-,17+,18-,19+/m1/s1. The molecule has 2 aliphatic carbocycles. The third-order valence-corrected chi connectivity index (χ3v) is 7.44. The van der Waals surface area contributed by atoms with Crippen LogP contribution in [0.1, 0.15) is 24.8 Å². The average molecular weight is 573 g/mol. The Morgan fingerprint density at radius 2 is 1.68 bits per heavy atom. The molecule has 0 radical (unpaired) electrons. The Morgan fingerprint density at radius 3 is 2.24 bits per heavy atom. The van der Waals surface area contributed by atoms with E-state index in [2.05, 4.69) is 5.32 Å². The molecule has 13 heteroatoms. The summed E-state index contributed by atoms with van der Waals surface area (Å²) < 4.78 is 2.55. The van der Waals surface area contributed by atoms with Crippen molar-refractivity contribution in [3.8, 4) is 0 Å². The van der Waals surface area contributed by atoms with Gasteiger partial charge in [0.25, 0.3) is 11.8 Å². The van der Waals surface area contributed by atoms with Gasteiger partial charge in [-0.2, -0.15) is 5.06 Å². The van der Waals surface area contributed by atoms with E-state index in [1.165, 1.54) is 0 Å². The summed E-state index contributed by atoms with van der Waals surface area (Å²) in [5.74, 6) is -2.58. The average Bonchev–Trinajstić information content (AvgIpc) is 3.54. The fraction of sp³-hybridized carbons (Fsp3) is 0.500. The van der Waals surface area contributed by atoms with Crippen LogP contribution in [0.2, 0.25) is 0 Å². The van der Waals surface area contributed by atoms with Gasteiger partial charge in [-0.3, -0.25) is 14.4 Å². The van der Waals surface area contributed by atoms with E-state index in [4.69, 9.17) is 49.2 Å². The molecule has 2 bridgehead atoms. The minimum Gasteiger partial charge on any atom is -0.396 e. The summed E-state index contributed by atoms with van der Waals surface area (Å²) in [7, 11) is 0. The number of carbonyl (C=O) groups excluding carboxylic acids is 4. The molecule has 198 valence electrons. The molecule has 10 nitrogen and oxygen atoms in total. The predicted molar refractivity (Wildman–Crippen MR) is 130 cm³/mol. The molecule has 2 heterocycles. The van der Waals surface area contributed by atoms with E-state index in [-0.39, 0.29) is 31.4 Å². The molecule has 0 spiro atoms. The summed E-state index contributed by atoms with van der Waals surface area (Å²) in [4.78, 5) is 62.0.